The number of urea groups is 1. The Morgan fingerprint density at radius 3 is 2.83 bits per heavy atom. The van der Waals surface area contributed by atoms with Crippen molar-refractivity contribution in [2.45, 2.75) is 31.9 Å². The Bertz CT molecular complexity index is 379. The van der Waals surface area contributed by atoms with E-state index in [-0.39, 0.29) is 6.03 Å². The summed E-state index contributed by atoms with van der Waals surface area (Å²) in [6.07, 6.45) is 6.59. The largest absolute Gasteiger partial charge is 0.390 e. The van der Waals surface area contributed by atoms with Gasteiger partial charge in [0, 0.05) is 38.6 Å². The van der Waals surface area contributed by atoms with Gasteiger partial charge in [0.05, 0.1) is 11.9 Å². The predicted octanol–water partition coefficient (Wildman–Crippen LogP) is 0.439. The molecule has 18 heavy (non-hydrogen) atoms. The molecule has 2 heterocycles. The zero-order valence-corrected chi connectivity index (χ0v) is 10.7. The van der Waals surface area contributed by atoms with Gasteiger partial charge >= 0.3 is 6.03 Å². The molecule has 0 atom stereocenters. The topological polar surface area (TPSA) is 70.4 Å². The van der Waals surface area contributed by atoms with Gasteiger partial charge in [0.25, 0.3) is 0 Å². The molecule has 2 N–H and O–H groups in total. The van der Waals surface area contributed by atoms with E-state index in [0.717, 1.165) is 6.54 Å². The second kappa shape index (κ2) is 5.39. The maximum Gasteiger partial charge on any atom is 0.317 e. The lowest BCUT2D eigenvalue weighted by atomic mass is 9.94. The van der Waals surface area contributed by atoms with E-state index in [1.807, 2.05) is 17.7 Å². The lowest BCUT2D eigenvalue weighted by Crippen LogP contribution is -2.49. The van der Waals surface area contributed by atoms with Gasteiger partial charge in [-0.25, -0.2) is 9.78 Å². The molecule has 0 aliphatic carbocycles. The minimum atomic E-state index is -0.617. The van der Waals surface area contributed by atoms with Crippen LogP contribution in [0.5, 0.6) is 0 Å². The maximum atomic E-state index is 11.8. The Morgan fingerprint density at radius 1 is 1.50 bits per heavy atom. The number of likely N-dealkylation sites (tertiary alicyclic amines) is 1. The van der Waals surface area contributed by atoms with Gasteiger partial charge in [-0.1, -0.05) is 0 Å². The molecule has 1 aromatic rings. The molecule has 1 saturated heterocycles. The number of rotatable bonds is 3. The fourth-order valence-electron chi connectivity index (χ4n) is 2.01. The number of hydrogen-bond acceptors (Lipinski definition) is 3. The zero-order valence-electron chi connectivity index (χ0n) is 10.7. The van der Waals surface area contributed by atoms with Crippen LogP contribution in [0, 0.1) is 0 Å². The Kier molecular flexibility index (Phi) is 3.86. The van der Waals surface area contributed by atoms with Crippen LogP contribution < -0.4 is 5.32 Å². The third kappa shape index (κ3) is 3.46. The van der Waals surface area contributed by atoms with E-state index in [0.29, 0.717) is 32.5 Å². The molecule has 0 unspecified atom stereocenters. The molecule has 0 aromatic carbocycles. The first-order valence-electron chi connectivity index (χ1n) is 6.28. The Labute approximate surface area is 107 Å². The highest BCUT2D eigenvalue weighted by Gasteiger charge is 2.29. The van der Waals surface area contributed by atoms with Crippen molar-refractivity contribution in [3.63, 3.8) is 0 Å². The normalized spacial score (nSPS) is 18.7. The number of imidazole rings is 1. The van der Waals surface area contributed by atoms with Crippen molar-refractivity contribution in [2.75, 3.05) is 19.6 Å². The number of carbonyl (C=O) groups is 1. The molecule has 0 spiro atoms. The molecule has 0 bridgehead atoms. The van der Waals surface area contributed by atoms with E-state index in [1.54, 1.807) is 17.4 Å². The van der Waals surface area contributed by atoms with E-state index in [9.17, 15) is 9.90 Å². The van der Waals surface area contributed by atoms with Crippen molar-refractivity contribution < 1.29 is 9.90 Å². The molecule has 2 rings (SSSR count). The number of nitrogens with zero attached hydrogens (tertiary/aromatic N) is 3. The highest BCUT2D eigenvalue weighted by molar-refractivity contribution is 5.74. The van der Waals surface area contributed by atoms with Crippen LogP contribution in [0.4, 0.5) is 4.79 Å². The summed E-state index contributed by atoms with van der Waals surface area (Å²) >= 11 is 0. The van der Waals surface area contributed by atoms with Crippen LogP contribution in [-0.2, 0) is 6.54 Å². The average Bonchev–Trinajstić information content (AvgIpc) is 2.82. The first-order valence-corrected chi connectivity index (χ1v) is 6.28. The molecular weight excluding hydrogens is 232 g/mol. The number of hydrogen-bond donors (Lipinski definition) is 2. The Hall–Kier alpha value is -1.56. The number of nitrogens with one attached hydrogen (secondary N) is 1. The monoisotopic (exact) mass is 252 g/mol. The van der Waals surface area contributed by atoms with Crippen molar-refractivity contribution in [1.82, 2.24) is 19.8 Å². The maximum absolute atomic E-state index is 11.8. The van der Waals surface area contributed by atoms with E-state index in [4.69, 9.17) is 0 Å². The molecular formula is C12H20N4O2. The molecule has 100 valence electrons. The minimum Gasteiger partial charge on any atom is -0.390 e. The molecule has 1 aliphatic rings. The summed E-state index contributed by atoms with van der Waals surface area (Å²) in [4.78, 5) is 17.5. The molecule has 1 aromatic heterocycles. The Balaban J connectivity index is 1.69. The van der Waals surface area contributed by atoms with Gasteiger partial charge in [0.2, 0.25) is 0 Å². The van der Waals surface area contributed by atoms with Crippen LogP contribution in [0.15, 0.2) is 18.7 Å². The molecule has 1 aliphatic heterocycles. The van der Waals surface area contributed by atoms with Crippen molar-refractivity contribution in [3.8, 4) is 0 Å². The van der Waals surface area contributed by atoms with Crippen LogP contribution >= 0.6 is 0 Å². The van der Waals surface area contributed by atoms with Gasteiger partial charge in [-0.15, -0.1) is 0 Å². The minimum absolute atomic E-state index is 0.0504. The highest BCUT2D eigenvalue weighted by Crippen LogP contribution is 2.20. The standard InChI is InChI=1S/C12H20N4O2/c1-12(18)2-6-16(7-3-12)11(17)14-5-9-15-8-4-13-10-15/h4,8,10,18H,2-3,5-7,9H2,1H3,(H,14,17). The van der Waals surface area contributed by atoms with E-state index >= 15 is 0 Å². The second-order valence-electron chi connectivity index (χ2n) is 5.02. The third-order valence-corrected chi connectivity index (χ3v) is 3.33. The summed E-state index contributed by atoms with van der Waals surface area (Å²) in [5.74, 6) is 0. The van der Waals surface area contributed by atoms with Crippen LogP contribution in [-0.4, -0.2) is 50.8 Å². The van der Waals surface area contributed by atoms with Gasteiger partial charge < -0.3 is 19.9 Å². The molecule has 0 radical (unpaired) electrons. The summed E-state index contributed by atoms with van der Waals surface area (Å²) in [5.41, 5.74) is -0.617. The fraction of sp³-hybridized carbons (Fsp3) is 0.667. The Morgan fingerprint density at radius 2 is 2.22 bits per heavy atom. The number of piperidine rings is 1. The molecule has 0 saturated carbocycles. The van der Waals surface area contributed by atoms with Crippen molar-refractivity contribution in [1.29, 1.82) is 0 Å². The predicted molar refractivity (Wildman–Crippen MR) is 67.1 cm³/mol. The number of aromatic nitrogens is 2. The smallest absolute Gasteiger partial charge is 0.317 e. The van der Waals surface area contributed by atoms with E-state index in [1.165, 1.54) is 0 Å². The first kappa shape index (κ1) is 12.9. The number of aliphatic hydroxyl groups is 1. The van der Waals surface area contributed by atoms with Crippen molar-refractivity contribution >= 4 is 6.03 Å². The molecule has 6 nitrogen and oxygen atoms in total. The summed E-state index contributed by atoms with van der Waals surface area (Å²) in [5, 5.41) is 12.7. The molecule has 2 amide bonds. The summed E-state index contributed by atoms with van der Waals surface area (Å²) < 4.78 is 1.92. The first-order chi connectivity index (χ1) is 8.57. The van der Waals surface area contributed by atoms with Crippen LogP contribution in [0.25, 0.3) is 0 Å². The number of carbonyl (C=O) groups excluding carboxylic acids is 1. The average molecular weight is 252 g/mol. The van der Waals surface area contributed by atoms with Gasteiger partial charge in [0.15, 0.2) is 0 Å². The van der Waals surface area contributed by atoms with Crippen LogP contribution in [0.1, 0.15) is 19.8 Å². The SMILES string of the molecule is CC1(O)CCN(C(=O)NCCn2ccnc2)CC1. The third-order valence-electron chi connectivity index (χ3n) is 3.33. The van der Waals surface area contributed by atoms with Crippen LogP contribution in [0.2, 0.25) is 0 Å². The van der Waals surface area contributed by atoms with Gasteiger partial charge in [0.1, 0.15) is 0 Å². The quantitative estimate of drug-likeness (QED) is 0.820. The summed E-state index contributed by atoms with van der Waals surface area (Å²) in [6, 6.07) is -0.0504. The van der Waals surface area contributed by atoms with Crippen molar-refractivity contribution in [3.05, 3.63) is 18.7 Å². The second-order valence-corrected chi connectivity index (χ2v) is 5.02. The molecule has 1 fully saturated rings. The summed E-state index contributed by atoms with van der Waals surface area (Å²) in [7, 11) is 0. The van der Waals surface area contributed by atoms with Gasteiger partial charge in [-0.05, 0) is 19.8 Å². The van der Waals surface area contributed by atoms with Crippen LogP contribution in [0.3, 0.4) is 0 Å². The van der Waals surface area contributed by atoms with Gasteiger partial charge in [-0.2, -0.15) is 0 Å². The zero-order chi connectivity index (χ0) is 13.0. The fourth-order valence-corrected chi connectivity index (χ4v) is 2.01. The highest BCUT2D eigenvalue weighted by atomic mass is 16.3. The number of amides is 2. The van der Waals surface area contributed by atoms with E-state index in [2.05, 4.69) is 10.3 Å². The summed E-state index contributed by atoms with van der Waals surface area (Å²) in [6.45, 7) is 4.36. The van der Waals surface area contributed by atoms with Crippen molar-refractivity contribution in [2.24, 2.45) is 0 Å². The van der Waals surface area contributed by atoms with E-state index < -0.39 is 5.60 Å². The lowest BCUT2D eigenvalue weighted by molar-refractivity contribution is 0.00440. The lowest BCUT2D eigenvalue weighted by Gasteiger charge is -2.35. The molecule has 6 heteroatoms. The van der Waals surface area contributed by atoms with Gasteiger partial charge in [-0.3, -0.25) is 0 Å².